The summed E-state index contributed by atoms with van der Waals surface area (Å²) in [6.07, 6.45) is 1.60. The number of hydrogen-bond donors (Lipinski definition) is 0. The van der Waals surface area contributed by atoms with E-state index in [-0.39, 0.29) is 11.4 Å². The summed E-state index contributed by atoms with van der Waals surface area (Å²) in [5.41, 5.74) is 1.74. The summed E-state index contributed by atoms with van der Waals surface area (Å²) in [5, 5.41) is 15.4. The molecular formula is C19H13N3O4S2. The number of fused-ring (bicyclic) bond motifs is 1. The largest absolute Gasteiger partial charge is 0.433 e. The van der Waals surface area contributed by atoms with Gasteiger partial charge in [0, 0.05) is 18.0 Å². The van der Waals surface area contributed by atoms with Crippen molar-refractivity contribution >= 4 is 45.3 Å². The van der Waals surface area contributed by atoms with E-state index in [1.54, 1.807) is 18.5 Å². The number of rotatable bonds is 5. The van der Waals surface area contributed by atoms with Gasteiger partial charge >= 0.3 is 5.88 Å². The normalized spacial score (nSPS) is 11.5. The van der Waals surface area contributed by atoms with Crippen molar-refractivity contribution < 1.29 is 9.34 Å². The number of nitrogens with zero attached hydrogens (tertiary/aromatic N) is 3. The summed E-state index contributed by atoms with van der Waals surface area (Å²) < 4.78 is 6.57. The van der Waals surface area contributed by atoms with Gasteiger partial charge in [-0.15, -0.1) is 11.3 Å². The minimum Gasteiger partial charge on any atom is -0.401 e. The Hall–Kier alpha value is -3.17. The van der Waals surface area contributed by atoms with Crippen LogP contribution in [-0.2, 0) is 7.05 Å². The van der Waals surface area contributed by atoms with Crippen LogP contribution in [0.15, 0.2) is 67.6 Å². The molecule has 0 bridgehead atoms. The fourth-order valence-electron chi connectivity index (χ4n) is 2.68. The number of nitro groups is 1. The minimum absolute atomic E-state index is 0.116. The van der Waals surface area contributed by atoms with Crippen molar-refractivity contribution in [3.8, 4) is 11.1 Å². The highest BCUT2D eigenvalue weighted by atomic mass is 32.2. The van der Waals surface area contributed by atoms with E-state index in [0.29, 0.717) is 21.1 Å². The average molecular weight is 411 g/mol. The van der Waals surface area contributed by atoms with E-state index in [1.165, 1.54) is 39.8 Å². The quantitative estimate of drug-likeness (QED) is 0.200. The lowest BCUT2D eigenvalue weighted by Crippen LogP contribution is -2.19. The van der Waals surface area contributed by atoms with Crippen LogP contribution < -0.4 is 5.56 Å². The fraction of sp³-hybridized carbons (Fsp3) is 0.0526. The standard InChI is InChI=1S/C19H13N3O4S2/c1-21-18(23)16-14(12-5-3-2-4-6-12)11-28-17(16)20-19(21)27-10-9-13-7-8-15(26-13)22(24)25/h2-11H,1H3/b10-9+. The summed E-state index contributed by atoms with van der Waals surface area (Å²) in [5.74, 6) is 0.0383. The highest BCUT2D eigenvalue weighted by Crippen LogP contribution is 2.32. The van der Waals surface area contributed by atoms with Crippen LogP contribution >= 0.6 is 23.1 Å². The SMILES string of the molecule is Cn1c(S/C=C/c2ccc([N+](=O)[O-])o2)nc2scc(-c3ccccc3)c2c1=O. The zero-order valence-electron chi connectivity index (χ0n) is 14.6. The molecule has 4 aromatic rings. The molecule has 0 unspecified atom stereocenters. The minimum atomic E-state index is -0.592. The van der Waals surface area contributed by atoms with Crippen molar-refractivity contribution in [2.75, 3.05) is 0 Å². The fourth-order valence-corrected chi connectivity index (χ4v) is 4.38. The third-order valence-corrected chi connectivity index (χ3v) is 5.78. The predicted molar refractivity (Wildman–Crippen MR) is 111 cm³/mol. The molecule has 28 heavy (non-hydrogen) atoms. The lowest BCUT2D eigenvalue weighted by molar-refractivity contribution is -0.402. The average Bonchev–Trinajstić information content (AvgIpc) is 3.33. The monoisotopic (exact) mass is 411 g/mol. The van der Waals surface area contributed by atoms with E-state index >= 15 is 0 Å². The Kier molecular flexibility index (Phi) is 4.84. The van der Waals surface area contributed by atoms with E-state index in [1.807, 2.05) is 35.7 Å². The molecule has 0 N–H and O–H groups in total. The van der Waals surface area contributed by atoms with Gasteiger partial charge in [0.05, 0.1) is 11.5 Å². The Balaban J connectivity index is 1.65. The number of thioether (sulfide) groups is 1. The van der Waals surface area contributed by atoms with E-state index in [0.717, 1.165) is 11.1 Å². The molecule has 3 aromatic heterocycles. The molecule has 7 nitrogen and oxygen atoms in total. The van der Waals surface area contributed by atoms with Gasteiger partial charge in [-0.3, -0.25) is 19.5 Å². The summed E-state index contributed by atoms with van der Waals surface area (Å²) in [6, 6.07) is 12.5. The third-order valence-electron chi connectivity index (χ3n) is 4.06. The maximum atomic E-state index is 12.9. The van der Waals surface area contributed by atoms with Crippen molar-refractivity contribution in [2.45, 2.75) is 5.16 Å². The number of furan rings is 1. The second-order valence-corrected chi connectivity index (χ2v) is 7.54. The summed E-state index contributed by atoms with van der Waals surface area (Å²) in [6.45, 7) is 0. The van der Waals surface area contributed by atoms with Gasteiger partial charge < -0.3 is 4.42 Å². The number of benzene rings is 1. The molecule has 9 heteroatoms. The molecular weight excluding hydrogens is 398 g/mol. The van der Waals surface area contributed by atoms with Gasteiger partial charge in [0.2, 0.25) is 0 Å². The lowest BCUT2D eigenvalue weighted by Gasteiger charge is -2.05. The van der Waals surface area contributed by atoms with E-state index in [9.17, 15) is 14.9 Å². The molecule has 140 valence electrons. The predicted octanol–water partition coefficient (Wildman–Crippen LogP) is 4.93. The first-order chi connectivity index (χ1) is 13.5. The van der Waals surface area contributed by atoms with Crippen LogP contribution in [-0.4, -0.2) is 14.5 Å². The van der Waals surface area contributed by atoms with Crippen LogP contribution in [0.1, 0.15) is 5.76 Å². The Morgan fingerprint density at radius 2 is 2.04 bits per heavy atom. The van der Waals surface area contributed by atoms with Crippen LogP contribution in [0, 0.1) is 10.1 Å². The van der Waals surface area contributed by atoms with Crippen LogP contribution in [0.25, 0.3) is 27.4 Å². The number of hydrogen-bond acceptors (Lipinski definition) is 7. The highest BCUT2D eigenvalue weighted by molar-refractivity contribution is 8.02. The summed E-state index contributed by atoms with van der Waals surface area (Å²) in [7, 11) is 1.68. The molecule has 0 spiro atoms. The lowest BCUT2D eigenvalue weighted by atomic mass is 10.1. The van der Waals surface area contributed by atoms with Crippen LogP contribution in [0.5, 0.6) is 0 Å². The molecule has 1 aromatic carbocycles. The highest BCUT2D eigenvalue weighted by Gasteiger charge is 2.15. The molecule has 0 saturated heterocycles. The van der Waals surface area contributed by atoms with Gasteiger partial charge in [-0.05, 0) is 23.1 Å². The third kappa shape index (κ3) is 3.37. The second-order valence-electron chi connectivity index (χ2n) is 5.81. The Morgan fingerprint density at radius 3 is 2.75 bits per heavy atom. The first-order valence-corrected chi connectivity index (χ1v) is 9.91. The molecule has 0 fully saturated rings. The summed E-state index contributed by atoms with van der Waals surface area (Å²) in [4.78, 5) is 28.3. The van der Waals surface area contributed by atoms with Crippen LogP contribution in [0.3, 0.4) is 0 Å². The van der Waals surface area contributed by atoms with Crippen molar-refractivity contribution in [3.63, 3.8) is 0 Å². The Morgan fingerprint density at radius 1 is 1.25 bits per heavy atom. The van der Waals surface area contributed by atoms with Gasteiger partial charge in [0.15, 0.2) is 5.16 Å². The molecule has 3 heterocycles. The first kappa shape index (κ1) is 18.2. The topological polar surface area (TPSA) is 91.2 Å². The molecule has 0 aliphatic carbocycles. The smallest absolute Gasteiger partial charge is 0.401 e. The molecule has 0 radical (unpaired) electrons. The van der Waals surface area contributed by atoms with E-state index in [4.69, 9.17) is 4.42 Å². The number of aromatic nitrogens is 2. The number of thiophene rings is 1. The Labute approximate surface area is 167 Å². The van der Waals surface area contributed by atoms with Gasteiger partial charge in [-0.2, -0.15) is 0 Å². The Bertz CT molecular complexity index is 1260. The van der Waals surface area contributed by atoms with E-state index < -0.39 is 4.92 Å². The van der Waals surface area contributed by atoms with Crippen molar-refractivity contribution in [2.24, 2.45) is 7.05 Å². The van der Waals surface area contributed by atoms with Gasteiger partial charge in [-0.25, -0.2) is 4.98 Å². The molecule has 0 atom stereocenters. The zero-order chi connectivity index (χ0) is 19.7. The van der Waals surface area contributed by atoms with Gasteiger partial charge in [0.1, 0.15) is 15.5 Å². The maximum Gasteiger partial charge on any atom is 0.433 e. The van der Waals surface area contributed by atoms with Crippen molar-refractivity contribution in [1.29, 1.82) is 0 Å². The van der Waals surface area contributed by atoms with E-state index in [2.05, 4.69) is 4.98 Å². The van der Waals surface area contributed by atoms with Gasteiger partial charge in [0.25, 0.3) is 5.56 Å². The molecule has 4 rings (SSSR count). The van der Waals surface area contributed by atoms with Crippen LogP contribution in [0.4, 0.5) is 5.88 Å². The molecule has 0 aliphatic rings. The van der Waals surface area contributed by atoms with Crippen molar-refractivity contribution in [3.05, 3.63) is 79.5 Å². The van der Waals surface area contributed by atoms with Crippen molar-refractivity contribution in [1.82, 2.24) is 9.55 Å². The molecule has 0 saturated carbocycles. The molecule has 0 aliphatic heterocycles. The maximum absolute atomic E-state index is 12.9. The zero-order valence-corrected chi connectivity index (χ0v) is 16.2. The molecule has 0 amide bonds. The van der Waals surface area contributed by atoms with Crippen LogP contribution in [0.2, 0.25) is 0 Å². The summed E-state index contributed by atoms with van der Waals surface area (Å²) >= 11 is 2.67. The van der Waals surface area contributed by atoms with Gasteiger partial charge in [-0.1, -0.05) is 42.1 Å². The second kappa shape index (κ2) is 7.45. The first-order valence-electron chi connectivity index (χ1n) is 8.15.